The van der Waals surface area contributed by atoms with Crippen molar-refractivity contribution < 1.29 is 8.42 Å². The molecule has 0 unspecified atom stereocenters. The summed E-state index contributed by atoms with van der Waals surface area (Å²) in [5, 5.41) is 6.86. The Kier molecular flexibility index (Phi) is 4.43. The van der Waals surface area contributed by atoms with Crippen LogP contribution >= 0.6 is 0 Å². The molecule has 0 saturated carbocycles. The van der Waals surface area contributed by atoms with Crippen molar-refractivity contribution in [3.05, 3.63) is 63.4 Å². The number of hydrogen-bond acceptors (Lipinski definition) is 4. The highest BCUT2D eigenvalue weighted by Gasteiger charge is 2.14. The standard InChI is InChI=1S/C12H8N6O2S/c13-17-15-11-9(8-4-2-1-3-5-8)6-7-10(21(19)20)12(11)16-18-14/h1-7,21H. The van der Waals surface area contributed by atoms with Gasteiger partial charge >= 0.3 is 0 Å². The monoisotopic (exact) mass is 300 g/mol. The molecule has 0 atom stereocenters. The molecule has 0 amide bonds. The van der Waals surface area contributed by atoms with Gasteiger partial charge in [0.1, 0.15) is 0 Å². The van der Waals surface area contributed by atoms with Crippen molar-refractivity contribution in [3.63, 3.8) is 0 Å². The second-order valence-electron chi connectivity index (χ2n) is 3.83. The molecule has 8 nitrogen and oxygen atoms in total. The van der Waals surface area contributed by atoms with Crippen LogP contribution in [0.4, 0.5) is 11.4 Å². The van der Waals surface area contributed by atoms with Gasteiger partial charge in [-0.05, 0) is 28.3 Å². The summed E-state index contributed by atoms with van der Waals surface area (Å²) in [4.78, 5) is 5.09. The van der Waals surface area contributed by atoms with Gasteiger partial charge in [-0.2, -0.15) is 0 Å². The Morgan fingerprint density at radius 2 is 1.48 bits per heavy atom. The van der Waals surface area contributed by atoms with E-state index in [1.165, 1.54) is 12.1 Å². The lowest BCUT2D eigenvalue weighted by molar-refractivity contribution is 0.615. The minimum absolute atomic E-state index is 0.0156. The molecule has 21 heavy (non-hydrogen) atoms. The third-order valence-electron chi connectivity index (χ3n) is 2.70. The van der Waals surface area contributed by atoms with E-state index in [-0.39, 0.29) is 16.3 Å². The molecule has 0 aliphatic rings. The Labute approximate surface area is 120 Å². The van der Waals surface area contributed by atoms with E-state index in [9.17, 15) is 8.42 Å². The van der Waals surface area contributed by atoms with Crippen LogP contribution in [0, 0.1) is 0 Å². The van der Waals surface area contributed by atoms with Crippen molar-refractivity contribution in [2.45, 2.75) is 4.90 Å². The van der Waals surface area contributed by atoms with Gasteiger partial charge in [0.05, 0.1) is 16.3 Å². The number of benzene rings is 2. The lowest BCUT2D eigenvalue weighted by Gasteiger charge is -2.09. The Balaban J connectivity index is 2.88. The summed E-state index contributed by atoms with van der Waals surface area (Å²) in [6.07, 6.45) is 0. The van der Waals surface area contributed by atoms with Crippen molar-refractivity contribution in [1.82, 2.24) is 0 Å². The smallest absolute Gasteiger partial charge is 0.168 e. The van der Waals surface area contributed by atoms with Crippen LogP contribution in [0.2, 0.25) is 0 Å². The molecule has 0 aliphatic carbocycles. The maximum absolute atomic E-state index is 11.2. The lowest BCUT2D eigenvalue weighted by atomic mass is 10.0. The highest BCUT2D eigenvalue weighted by Crippen LogP contribution is 2.41. The fraction of sp³-hybridized carbons (Fsp3) is 0. The molecule has 0 bridgehead atoms. The lowest BCUT2D eigenvalue weighted by Crippen LogP contribution is -1.86. The van der Waals surface area contributed by atoms with E-state index in [4.69, 9.17) is 11.1 Å². The molecule has 0 saturated heterocycles. The zero-order chi connectivity index (χ0) is 15.2. The van der Waals surface area contributed by atoms with Gasteiger partial charge < -0.3 is 0 Å². The number of nitrogens with zero attached hydrogens (tertiary/aromatic N) is 6. The van der Waals surface area contributed by atoms with Crippen LogP contribution in [0.15, 0.2) is 57.6 Å². The van der Waals surface area contributed by atoms with Gasteiger partial charge in [-0.25, -0.2) is 8.42 Å². The summed E-state index contributed by atoms with van der Waals surface area (Å²) < 4.78 is 22.4. The van der Waals surface area contributed by atoms with E-state index >= 15 is 0 Å². The Hall–Kier alpha value is -2.99. The van der Waals surface area contributed by atoms with Gasteiger partial charge in [-0.15, -0.1) is 0 Å². The van der Waals surface area contributed by atoms with Crippen molar-refractivity contribution in [1.29, 1.82) is 0 Å². The molecule has 0 N–H and O–H groups in total. The van der Waals surface area contributed by atoms with Gasteiger partial charge in [0.2, 0.25) is 0 Å². The Morgan fingerprint density at radius 3 is 2.05 bits per heavy atom. The molecule has 9 heteroatoms. The zero-order valence-electron chi connectivity index (χ0n) is 10.5. The Morgan fingerprint density at radius 1 is 0.857 bits per heavy atom. The van der Waals surface area contributed by atoms with Gasteiger partial charge in [0.15, 0.2) is 10.7 Å². The molecule has 0 spiro atoms. The number of thiol groups is 1. The highest BCUT2D eigenvalue weighted by molar-refractivity contribution is 7.72. The predicted molar refractivity (Wildman–Crippen MR) is 78.1 cm³/mol. The summed E-state index contributed by atoms with van der Waals surface area (Å²) in [7, 11) is -2.98. The molecule has 0 aliphatic heterocycles. The minimum Gasteiger partial charge on any atom is -0.227 e. The summed E-state index contributed by atoms with van der Waals surface area (Å²) in [5.41, 5.74) is 18.3. The van der Waals surface area contributed by atoms with E-state index in [0.29, 0.717) is 11.1 Å². The Bertz CT molecular complexity index is 842. The molecule has 0 aromatic heterocycles. The topological polar surface area (TPSA) is 132 Å². The predicted octanol–water partition coefficient (Wildman–Crippen LogP) is 4.21. The van der Waals surface area contributed by atoms with Crippen molar-refractivity contribution in [2.75, 3.05) is 0 Å². The molecule has 2 aromatic rings. The molecule has 2 aromatic carbocycles. The first kappa shape index (κ1) is 14.4. The van der Waals surface area contributed by atoms with Crippen LogP contribution in [0.3, 0.4) is 0 Å². The third kappa shape index (κ3) is 2.96. The minimum atomic E-state index is -2.98. The van der Waals surface area contributed by atoms with Gasteiger partial charge in [-0.3, -0.25) is 0 Å². The molecule has 0 fully saturated rings. The van der Waals surface area contributed by atoms with Gasteiger partial charge in [0, 0.05) is 9.82 Å². The zero-order valence-corrected chi connectivity index (χ0v) is 11.4. The van der Waals surface area contributed by atoms with E-state index in [1.54, 1.807) is 24.3 Å². The summed E-state index contributed by atoms with van der Waals surface area (Å²) >= 11 is 0. The summed E-state index contributed by atoms with van der Waals surface area (Å²) in [6.45, 7) is 0. The van der Waals surface area contributed by atoms with Crippen LogP contribution in [0.1, 0.15) is 0 Å². The van der Waals surface area contributed by atoms with E-state index in [0.717, 1.165) is 0 Å². The van der Waals surface area contributed by atoms with Crippen LogP contribution in [-0.4, -0.2) is 8.42 Å². The first-order chi connectivity index (χ1) is 10.2. The maximum Gasteiger partial charge on any atom is 0.168 e. The van der Waals surface area contributed by atoms with E-state index in [1.807, 2.05) is 6.07 Å². The molecular weight excluding hydrogens is 292 g/mol. The largest absolute Gasteiger partial charge is 0.227 e. The number of rotatable bonds is 4. The first-order valence-electron chi connectivity index (χ1n) is 5.66. The van der Waals surface area contributed by atoms with Gasteiger partial charge in [0.25, 0.3) is 0 Å². The van der Waals surface area contributed by atoms with Crippen LogP contribution < -0.4 is 0 Å². The van der Waals surface area contributed by atoms with Crippen LogP contribution in [-0.2, 0) is 10.7 Å². The van der Waals surface area contributed by atoms with Crippen LogP contribution in [0.25, 0.3) is 32.0 Å². The average molecular weight is 300 g/mol. The molecule has 2 rings (SSSR count). The second-order valence-corrected chi connectivity index (χ2v) is 4.83. The third-order valence-corrected chi connectivity index (χ3v) is 3.46. The fourth-order valence-electron chi connectivity index (χ4n) is 1.86. The quantitative estimate of drug-likeness (QED) is 0.392. The summed E-state index contributed by atoms with van der Waals surface area (Å²) in [5.74, 6) is 0. The molecule has 104 valence electrons. The SMILES string of the molecule is [N-]=[N+]=Nc1c(-c2ccccc2)ccc([SH](=O)=O)c1N=[N+]=[N-]. The number of hydrogen-bond donors (Lipinski definition) is 1. The van der Waals surface area contributed by atoms with Crippen molar-refractivity contribution >= 4 is 22.1 Å². The fourth-order valence-corrected chi connectivity index (χ4v) is 2.38. The van der Waals surface area contributed by atoms with E-state index < -0.39 is 10.7 Å². The van der Waals surface area contributed by atoms with E-state index in [2.05, 4.69) is 20.1 Å². The number of azide groups is 2. The summed E-state index contributed by atoms with van der Waals surface area (Å²) in [6, 6.07) is 11.7. The van der Waals surface area contributed by atoms with Crippen molar-refractivity contribution in [3.8, 4) is 11.1 Å². The maximum atomic E-state index is 11.2. The first-order valence-corrected chi connectivity index (χ1v) is 6.83. The van der Waals surface area contributed by atoms with Gasteiger partial charge in [-0.1, -0.05) is 46.6 Å². The van der Waals surface area contributed by atoms with Crippen molar-refractivity contribution in [2.24, 2.45) is 10.2 Å². The second kappa shape index (κ2) is 6.44. The average Bonchev–Trinajstić information content (AvgIpc) is 2.49. The highest BCUT2D eigenvalue weighted by atomic mass is 32.2. The normalized spacial score (nSPS) is 9.76. The molecule has 0 radical (unpaired) electrons. The molecule has 0 heterocycles. The van der Waals surface area contributed by atoms with Crippen LogP contribution in [0.5, 0.6) is 0 Å². The molecular formula is C12H8N6O2S.